The summed E-state index contributed by atoms with van der Waals surface area (Å²) in [6, 6.07) is 24.9. The first-order valence-corrected chi connectivity index (χ1v) is 9.67. The van der Waals surface area contributed by atoms with Crippen molar-refractivity contribution >= 4 is 10.9 Å². The molecule has 1 fully saturated rings. The van der Waals surface area contributed by atoms with Crippen molar-refractivity contribution in [1.29, 1.82) is 0 Å². The minimum Gasteiger partial charge on any atom is -0.508 e. The van der Waals surface area contributed by atoms with Gasteiger partial charge in [0.15, 0.2) is 0 Å². The Balaban J connectivity index is 1.79. The van der Waals surface area contributed by atoms with E-state index in [2.05, 4.69) is 53.2 Å². The summed E-state index contributed by atoms with van der Waals surface area (Å²) >= 11 is 0. The lowest BCUT2D eigenvalue weighted by Gasteiger charge is -2.14. The van der Waals surface area contributed by atoms with Gasteiger partial charge in [0.25, 0.3) is 0 Å². The number of fused-ring (bicyclic) bond motifs is 1. The molecule has 4 aromatic rings. The summed E-state index contributed by atoms with van der Waals surface area (Å²) in [4.78, 5) is 0. The number of hydrogen-bond acceptors (Lipinski definition) is 2. The van der Waals surface area contributed by atoms with Crippen LogP contribution in [0.5, 0.6) is 5.75 Å². The quantitative estimate of drug-likeness (QED) is 0.476. The molecule has 1 saturated carbocycles. The molecule has 3 aromatic carbocycles. The summed E-state index contributed by atoms with van der Waals surface area (Å²) in [6.45, 7) is 0. The number of hydrogen-bond donors (Lipinski definition) is 1. The third kappa shape index (κ3) is 2.80. The first-order chi connectivity index (χ1) is 13.3. The van der Waals surface area contributed by atoms with Crippen LogP contribution in [0, 0.1) is 0 Å². The molecule has 3 nitrogen and oxygen atoms in total. The molecule has 134 valence electrons. The van der Waals surface area contributed by atoms with Crippen LogP contribution in [0.3, 0.4) is 0 Å². The summed E-state index contributed by atoms with van der Waals surface area (Å²) in [5.41, 5.74) is 5.71. The lowest BCUT2D eigenvalue weighted by Crippen LogP contribution is -2.07. The van der Waals surface area contributed by atoms with Crippen LogP contribution in [0.25, 0.3) is 33.3 Å². The van der Waals surface area contributed by atoms with Gasteiger partial charge in [0.2, 0.25) is 0 Å². The fraction of sp³-hybridized carbons (Fsp3) is 0.208. The van der Waals surface area contributed by atoms with Crippen molar-refractivity contribution in [2.24, 2.45) is 0 Å². The molecule has 1 heterocycles. The molecule has 0 radical (unpaired) electrons. The molecule has 1 aliphatic rings. The molecule has 3 heteroatoms. The Morgan fingerprint density at radius 1 is 0.778 bits per heavy atom. The number of benzene rings is 3. The van der Waals surface area contributed by atoms with Crippen LogP contribution in [-0.2, 0) is 0 Å². The van der Waals surface area contributed by atoms with Gasteiger partial charge in [0.1, 0.15) is 11.4 Å². The van der Waals surface area contributed by atoms with Gasteiger partial charge in [-0.2, -0.15) is 5.10 Å². The van der Waals surface area contributed by atoms with Gasteiger partial charge in [-0.05, 0) is 42.7 Å². The van der Waals surface area contributed by atoms with Gasteiger partial charge in [-0.25, -0.2) is 0 Å². The van der Waals surface area contributed by atoms with Crippen LogP contribution in [0.2, 0.25) is 0 Å². The molecule has 0 unspecified atom stereocenters. The lowest BCUT2D eigenvalue weighted by molar-refractivity contribution is 0.475. The van der Waals surface area contributed by atoms with Crippen LogP contribution in [0.15, 0.2) is 72.8 Å². The van der Waals surface area contributed by atoms with Crippen molar-refractivity contribution in [2.75, 3.05) is 0 Å². The van der Waals surface area contributed by atoms with E-state index < -0.39 is 0 Å². The average molecular weight is 354 g/mol. The minimum atomic E-state index is 0.281. The van der Waals surface area contributed by atoms with Gasteiger partial charge in [-0.15, -0.1) is 0 Å². The van der Waals surface area contributed by atoms with E-state index >= 15 is 0 Å². The molecule has 27 heavy (non-hydrogen) atoms. The van der Waals surface area contributed by atoms with E-state index in [0.29, 0.717) is 6.04 Å². The van der Waals surface area contributed by atoms with Crippen LogP contribution >= 0.6 is 0 Å². The second kappa shape index (κ2) is 6.58. The molecule has 5 rings (SSSR count). The molecule has 0 bridgehead atoms. The highest BCUT2D eigenvalue weighted by Crippen LogP contribution is 2.39. The number of rotatable bonds is 3. The Morgan fingerprint density at radius 2 is 1.52 bits per heavy atom. The van der Waals surface area contributed by atoms with E-state index in [-0.39, 0.29) is 5.75 Å². The first-order valence-electron chi connectivity index (χ1n) is 9.67. The van der Waals surface area contributed by atoms with E-state index in [1.165, 1.54) is 47.7 Å². The molecule has 1 aromatic heterocycles. The van der Waals surface area contributed by atoms with Crippen LogP contribution in [0.4, 0.5) is 0 Å². The fourth-order valence-electron chi connectivity index (χ4n) is 4.29. The molecule has 0 spiro atoms. The molecular weight excluding hydrogens is 332 g/mol. The number of aromatic nitrogens is 2. The Kier molecular flexibility index (Phi) is 3.93. The van der Waals surface area contributed by atoms with Crippen LogP contribution in [-0.4, -0.2) is 14.9 Å². The second-order valence-corrected chi connectivity index (χ2v) is 7.35. The van der Waals surface area contributed by atoms with Crippen molar-refractivity contribution < 1.29 is 5.11 Å². The summed E-state index contributed by atoms with van der Waals surface area (Å²) in [5, 5.41) is 15.9. The third-order valence-electron chi connectivity index (χ3n) is 5.62. The van der Waals surface area contributed by atoms with Gasteiger partial charge in [-0.1, -0.05) is 61.4 Å². The minimum absolute atomic E-state index is 0.281. The number of phenols is 1. The number of nitrogens with zero attached hydrogens (tertiary/aromatic N) is 2. The van der Waals surface area contributed by atoms with E-state index in [1.807, 2.05) is 12.1 Å². The highest BCUT2D eigenvalue weighted by molar-refractivity contribution is 6.01. The Bertz CT molecular complexity index is 1070. The van der Waals surface area contributed by atoms with Crippen molar-refractivity contribution in [3.8, 4) is 28.1 Å². The molecule has 0 amide bonds. The zero-order valence-electron chi connectivity index (χ0n) is 15.2. The first kappa shape index (κ1) is 16.1. The summed E-state index contributed by atoms with van der Waals surface area (Å²) in [6.07, 6.45) is 4.92. The van der Waals surface area contributed by atoms with Gasteiger partial charge < -0.3 is 5.11 Å². The maximum Gasteiger partial charge on any atom is 0.115 e. The Morgan fingerprint density at radius 3 is 2.26 bits per heavy atom. The van der Waals surface area contributed by atoms with Crippen molar-refractivity contribution in [1.82, 2.24) is 9.78 Å². The van der Waals surface area contributed by atoms with Gasteiger partial charge in [0.05, 0.1) is 11.6 Å². The van der Waals surface area contributed by atoms with Gasteiger partial charge in [0, 0.05) is 16.5 Å². The Hall–Kier alpha value is -3.07. The highest BCUT2D eigenvalue weighted by Gasteiger charge is 2.24. The van der Waals surface area contributed by atoms with E-state index in [0.717, 1.165) is 11.3 Å². The zero-order valence-corrected chi connectivity index (χ0v) is 15.2. The average Bonchev–Trinajstić information content (AvgIpc) is 3.37. The smallest absolute Gasteiger partial charge is 0.115 e. The molecule has 0 saturated heterocycles. The summed E-state index contributed by atoms with van der Waals surface area (Å²) < 4.78 is 2.27. The van der Waals surface area contributed by atoms with Crippen LogP contribution in [0.1, 0.15) is 31.7 Å². The maximum atomic E-state index is 9.66. The zero-order chi connectivity index (χ0) is 18.2. The topological polar surface area (TPSA) is 38.1 Å². The normalized spacial score (nSPS) is 14.8. The number of aromatic hydroxyl groups is 1. The van der Waals surface area contributed by atoms with E-state index in [9.17, 15) is 5.11 Å². The van der Waals surface area contributed by atoms with E-state index in [1.54, 1.807) is 12.1 Å². The number of para-hydroxylation sites is 1. The van der Waals surface area contributed by atoms with Gasteiger partial charge >= 0.3 is 0 Å². The molecular formula is C24H22N2O. The lowest BCUT2D eigenvalue weighted by atomic mass is 10.00. The van der Waals surface area contributed by atoms with Crippen molar-refractivity contribution in [3.05, 3.63) is 72.8 Å². The predicted octanol–water partition coefficient (Wildman–Crippen LogP) is 6.19. The summed E-state index contributed by atoms with van der Waals surface area (Å²) in [7, 11) is 0. The number of phenolic OH excluding ortho intramolecular Hbond substituents is 1. The fourth-order valence-corrected chi connectivity index (χ4v) is 4.29. The van der Waals surface area contributed by atoms with Crippen LogP contribution < -0.4 is 0 Å². The SMILES string of the molecule is Oc1ccc(-c2nn(C3CCCC3)c3c(-c4ccccc4)cccc23)cc1. The van der Waals surface area contributed by atoms with Crippen molar-refractivity contribution in [2.45, 2.75) is 31.7 Å². The maximum absolute atomic E-state index is 9.66. The van der Waals surface area contributed by atoms with E-state index in [4.69, 9.17) is 5.10 Å². The second-order valence-electron chi connectivity index (χ2n) is 7.35. The monoisotopic (exact) mass is 354 g/mol. The third-order valence-corrected chi connectivity index (χ3v) is 5.62. The van der Waals surface area contributed by atoms with Gasteiger partial charge in [-0.3, -0.25) is 4.68 Å². The summed E-state index contributed by atoms with van der Waals surface area (Å²) in [5.74, 6) is 0.281. The molecule has 0 aliphatic heterocycles. The molecule has 0 atom stereocenters. The Labute approximate surface area is 158 Å². The highest BCUT2D eigenvalue weighted by atomic mass is 16.3. The molecule has 1 N–H and O–H groups in total. The standard InChI is InChI=1S/C24H22N2O/c27-20-15-13-18(14-16-20)23-22-12-6-11-21(17-7-2-1-3-8-17)24(22)26(25-23)19-9-4-5-10-19/h1-3,6-8,11-16,19,27H,4-5,9-10H2. The largest absolute Gasteiger partial charge is 0.508 e. The predicted molar refractivity (Wildman–Crippen MR) is 110 cm³/mol. The van der Waals surface area contributed by atoms with Crippen molar-refractivity contribution in [3.63, 3.8) is 0 Å². The molecule has 1 aliphatic carbocycles.